The molecule has 6 nitrogen and oxygen atoms in total. The average Bonchev–Trinajstić information content (AvgIpc) is 3.41. The monoisotopic (exact) mass is 363 g/mol. The van der Waals surface area contributed by atoms with Gasteiger partial charge < -0.3 is 5.32 Å². The largest absolute Gasteiger partial charge is 0.342 e. The summed E-state index contributed by atoms with van der Waals surface area (Å²) in [6.07, 6.45) is 4.71. The molecule has 3 aromatic rings. The summed E-state index contributed by atoms with van der Waals surface area (Å²) in [7, 11) is 0. The molecular weight excluding hydrogens is 338 g/mol. The van der Waals surface area contributed by atoms with Crippen molar-refractivity contribution in [1.82, 2.24) is 25.1 Å². The van der Waals surface area contributed by atoms with Gasteiger partial charge in [-0.1, -0.05) is 13.0 Å². The van der Waals surface area contributed by atoms with Crippen LogP contribution in [-0.4, -0.2) is 25.7 Å². The molecule has 1 aliphatic carbocycles. The standard InChI is InChI=1S/C21H25N5O/c1-4-14-6-9-18-16(11-14)17(10-13(3)24-18)21(27)25-19(15-7-8-15)20-22-12-23-26(20)5-2/h6,9-12,15,19H,4-5,7-8H2,1-3H3,(H,25,27)/t19-/m1/s1. The smallest absolute Gasteiger partial charge is 0.252 e. The number of carbonyl (C=O) groups is 1. The van der Waals surface area contributed by atoms with Crippen molar-refractivity contribution in [3.8, 4) is 0 Å². The summed E-state index contributed by atoms with van der Waals surface area (Å²) >= 11 is 0. The van der Waals surface area contributed by atoms with Gasteiger partial charge in [0.15, 0.2) is 0 Å². The van der Waals surface area contributed by atoms with Crippen LogP contribution in [0.25, 0.3) is 10.9 Å². The van der Waals surface area contributed by atoms with E-state index in [-0.39, 0.29) is 11.9 Å². The van der Waals surface area contributed by atoms with Gasteiger partial charge in [-0.25, -0.2) is 9.67 Å². The van der Waals surface area contributed by atoms with Crippen LogP contribution in [-0.2, 0) is 13.0 Å². The van der Waals surface area contributed by atoms with E-state index < -0.39 is 0 Å². The lowest BCUT2D eigenvalue weighted by Gasteiger charge is -2.19. The molecule has 1 fully saturated rings. The Kier molecular flexibility index (Phi) is 4.64. The molecule has 1 saturated carbocycles. The highest BCUT2D eigenvalue weighted by atomic mass is 16.1. The first-order valence-corrected chi connectivity index (χ1v) is 9.69. The number of rotatable bonds is 6. The second-order valence-electron chi connectivity index (χ2n) is 7.24. The highest BCUT2D eigenvalue weighted by molar-refractivity contribution is 6.06. The summed E-state index contributed by atoms with van der Waals surface area (Å²) in [6, 6.07) is 7.94. The Bertz CT molecular complexity index is 989. The maximum atomic E-state index is 13.3. The minimum Gasteiger partial charge on any atom is -0.342 e. The van der Waals surface area contributed by atoms with Gasteiger partial charge in [-0.05, 0) is 62.8 Å². The Labute approximate surface area is 159 Å². The van der Waals surface area contributed by atoms with Crippen LogP contribution in [0.5, 0.6) is 0 Å². The zero-order chi connectivity index (χ0) is 19.0. The molecule has 0 spiro atoms. The number of pyridine rings is 1. The Morgan fingerprint density at radius 3 is 2.81 bits per heavy atom. The molecule has 6 heteroatoms. The summed E-state index contributed by atoms with van der Waals surface area (Å²) in [6.45, 7) is 6.82. The molecule has 0 bridgehead atoms. The first-order chi connectivity index (χ1) is 13.1. The third-order valence-electron chi connectivity index (χ3n) is 5.26. The fraction of sp³-hybridized carbons (Fsp3) is 0.429. The van der Waals surface area contributed by atoms with E-state index >= 15 is 0 Å². The second kappa shape index (κ2) is 7.10. The van der Waals surface area contributed by atoms with Gasteiger partial charge in [0, 0.05) is 17.6 Å². The lowest BCUT2D eigenvalue weighted by molar-refractivity contribution is 0.0930. The van der Waals surface area contributed by atoms with E-state index in [0.717, 1.165) is 48.2 Å². The number of aromatic nitrogens is 4. The molecule has 2 aromatic heterocycles. The van der Waals surface area contributed by atoms with Crippen molar-refractivity contribution in [2.24, 2.45) is 5.92 Å². The molecule has 0 unspecified atom stereocenters. The van der Waals surface area contributed by atoms with Crippen LogP contribution in [0.3, 0.4) is 0 Å². The van der Waals surface area contributed by atoms with Gasteiger partial charge >= 0.3 is 0 Å². The third-order valence-corrected chi connectivity index (χ3v) is 5.26. The van der Waals surface area contributed by atoms with E-state index in [9.17, 15) is 4.79 Å². The van der Waals surface area contributed by atoms with E-state index in [1.54, 1.807) is 6.33 Å². The molecule has 2 heterocycles. The quantitative estimate of drug-likeness (QED) is 0.726. The molecule has 140 valence electrons. The molecular formula is C21H25N5O. The highest BCUT2D eigenvalue weighted by Gasteiger charge is 2.36. The number of nitrogens with zero attached hydrogens (tertiary/aromatic N) is 4. The average molecular weight is 363 g/mol. The number of nitrogens with one attached hydrogen (secondary N) is 1. The number of fused-ring (bicyclic) bond motifs is 1. The van der Waals surface area contributed by atoms with Crippen molar-refractivity contribution in [3.63, 3.8) is 0 Å². The fourth-order valence-corrected chi connectivity index (χ4v) is 3.61. The maximum absolute atomic E-state index is 13.3. The van der Waals surface area contributed by atoms with Gasteiger partial charge in [-0.2, -0.15) is 5.10 Å². The third kappa shape index (κ3) is 3.44. The lowest BCUT2D eigenvalue weighted by Crippen LogP contribution is -2.32. The van der Waals surface area contributed by atoms with E-state index in [1.807, 2.05) is 30.7 Å². The van der Waals surface area contributed by atoms with Crippen LogP contribution in [0.2, 0.25) is 0 Å². The maximum Gasteiger partial charge on any atom is 0.252 e. The van der Waals surface area contributed by atoms with Crippen molar-refractivity contribution in [2.75, 3.05) is 0 Å². The Morgan fingerprint density at radius 1 is 1.30 bits per heavy atom. The number of carbonyl (C=O) groups excluding carboxylic acids is 1. The Hall–Kier alpha value is -2.76. The van der Waals surface area contributed by atoms with Gasteiger partial charge in [0.25, 0.3) is 5.91 Å². The number of amides is 1. The van der Waals surface area contributed by atoms with Crippen molar-refractivity contribution in [3.05, 3.63) is 53.2 Å². The van der Waals surface area contributed by atoms with E-state index in [2.05, 4.69) is 39.4 Å². The molecule has 1 aromatic carbocycles. The minimum atomic E-state index is -0.0992. The normalized spacial score (nSPS) is 15.1. The molecule has 1 aliphatic rings. The number of benzene rings is 1. The number of aryl methyl sites for hydroxylation is 3. The Morgan fingerprint density at radius 2 is 2.11 bits per heavy atom. The topological polar surface area (TPSA) is 72.7 Å². The van der Waals surface area contributed by atoms with Crippen LogP contribution < -0.4 is 5.32 Å². The van der Waals surface area contributed by atoms with Crippen molar-refractivity contribution in [2.45, 2.75) is 52.6 Å². The summed E-state index contributed by atoms with van der Waals surface area (Å²) in [5.41, 5.74) is 3.58. The molecule has 0 saturated heterocycles. The van der Waals surface area contributed by atoms with Gasteiger partial charge in [-0.3, -0.25) is 9.78 Å². The fourth-order valence-electron chi connectivity index (χ4n) is 3.61. The Balaban J connectivity index is 1.71. The number of hydrogen-bond acceptors (Lipinski definition) is 4. The van der Waals surface area contributed by atoms with Crippen LogP contribution in [0, 0.1) is 12.8 Å². The summed E-state index contributed by atoms with van der Waals surface area (Å²) in [4.78, 5) is 22.3. The zero-order valence-electron chi connectivity index (χ0n) is 16.1. The number of hydrogen-bond donors (Lipinski definition) is 1. The van der Waals surface area contributed by atoms with Crippen LogP contribution in [0.1, 0.15) is 60.2 Å². The molecule has 0 aliphatic heterocycles. The highest BCUT2D eigenvalue weighted by Crippen LogP contribution is 2.40. The molecule has 1 amide bonds. The van der Waals surface area contributed by atoms with Crippen molar-refractivity contribution < 1.29 is 4.79 Å². The summed E-state index contributed by atoms with van der Waals surface area (Å²) in [5, 5.41) is 8.42. The second-order valence-corrected chi connectivity index (χ2v) is 7.24. The van der Waals surface area contributed by atoms with E-state index in [1.165, 1.54) is 5.56 Å². The molecule has 27 heavy (non-hydrogen) atoms. The summed E-state index contributed by atoms with van der Waals surface area (Å²) in [5.74, 6) is 1.21. The first kappa shape index (κ1) is 17.6. The van der Waals surface area contributed by atoms with Crippen molar-refractivity contribution >= 4 is 16.8 Å². The van der Waals surface area contributed by atoms with E-state index in [0.29, 0.717) is 11.5 Å². The lowest BCUT2D eigenvalue weighted by atomic mass is 10.0. The minimum absolute atomic E-state index is 0.0682. The molecule has 1 atom stereocenters. The zero-order valence-corrected chi connectivity index (χ0v) is 16.1. The predicted molar refractivity (Wildman–Crippen MR) is 104 cm³/mol. The van der Waals surface area contributed by atoms with Crippen LogP contribution >= 0.6 is 0 Å². The molecule has 4 rings (SSSR count). The van der Waals surface area contributed by atoms with Gasteiger partial charge in [0.1, 0.15) is 12.2 Å². The van der Waals surface area contributed by atoms with Gasteiger partial charge in [-0.15, -0.1) is 0 Å². The van der Waals surface area contributed by atoms with Gasteiger partial charge in [0.05, 0.1) is 17.1 Å². The van der Waals surface area contributed by atoms with Crippen LogP contribution in [0.4, 0.5) is 0 Å². The summed E-state index contributed by atoms with van der Waals surface area (Å²) < 4.78 is 1.87. The van der Waals surface area contributed by atoms with Gasteiger partial charge in [0.2, 0.25) is 0 Å². The SMILES string of the molecule is CCc1ccc2nc(C)cc(C(=O)N[C@@H](c3ncnn3CC)C3CC3)c2c1. The van der Waals surface area contributed by atoms with Crippen LogP contribution in [0.15, 0.2) is 30.6 Å². The molecule has 0 radical (unpaired) electrons. The van der Waals surface area contributed by atoms with Crippen molar-refractivity contribution in [1.29, 1.82) is 0 Å². The van der Waals surface area contributed by atoms with E-state index in [4.69, 9.17) is 0 Å². The molecule has 1 N–H and O–H groups in total. The first-order valence-electron chi connectivity index (χ1n) is 9.69. The predicted octanol–water partition coefficient (Wildman–Crippen LogP) is 3.60.